The molecule has 2 aromatic rings. The molecule has 0 bridgehead atoms. The summed E-state index contributed by atoms with van der Waals surface area (Å²) in [5, 5.41) is 0. The van der Waals surface area contributed by atoms with Crippen molar-refractivity contribution < 1.29 is 14.3 Å². The van der Waals surface area contributed by atoms with Gasteiger partial charge in [-0.15, -0.1) is 0 Å². The summed E-state index contributed by atoms with van der Waals surface area (Å²) >= 11 is 3.41. The maximum absolute atomic E-state index is 12.3. The topological polar surface area (TPSA) is 35.5 Å². The largest absolute Gasteiger partial charge is 0.493 e. The van der Waals surface area contributed by atoms with E-state index < -0.39 is 0 Å². The quantitative estimate of drug-likeness (QED) is 0.464. The smallest absolute Gasteiger partial charge is 0.343 e. The van der Waals surface area contributed by atoms with Crippen LogP contribution in [-0.4, -0.2) is 12.6 Å². The molecule has 24 heavy (non-hydrogen) atoms. The Morgan fingerprint density at radius 1 is 1.08 bits per heavy atom. The van der Waals surface area contributed by atoms with Crippen LogP contribution in [0.2, 0.25) is 0 Å². The summed E-state index contributed by atoms with van der Waals surface area (Å²) in [7, 11) is 0. The fourth-order valence-electron chi connectivity index (χ4n) is 2.24. The number of hydrogen-bond acceptors (Lipinski definition) is 3. The first-order valence-electron chi connectivity index (χ1n) is 8.12. The van der Waals surface area contributed by atoms with Crippen molar-refractivity contribution in [1.82, 2.24) is 0 Å². The first kappa shape index (κ1) is 18.5. The Hall–Kier alpha value is -1.81. The van der Waals surface area contributed by atoms with Crippen LogP contribution in [-0.2, 0) is 5.41 Å². The van der Waals surface area contributed by atoms with E-state index in [1.807, 2.05) is 31.2 Å². The molecule has 128 valence electrons. The molecule has 2 aromatic carbocycles. The van der Waals surface area contributed by atoms with Gasteiger partial charge in [-0.1, -0.05) is 32.9 Å². The number of ether oxygens (including phenoxy) is 2. The second-order valence-electron chi connectivity index (χ2n) is 6.23. The van der Waals surface area contributed by atoms with Crippen LogP contribution in [0.15, 0.2) is 46.9 Å². The van der Waals surface area contributed by atoms with E-state index in [9.17, 15) is 4.79 Å². The standard InChI is InChI=1S/C20H23BrO3/c1-5-20(3,4)15-8-10-16(11-9-15)24-19(22)14-7-12-18(23-6-2)17(21)13-14/h7-13H,5-6H2,1-4H3. The van der Waals surface area contributed by atoms with Gasteiger partial charge >= 0.3 is 5.97 Å². The van der Waals surface area contributed by atoms with Crippen molar-refractivity contribution in [1.29, 1.82) is 0 Å². The minimum atomic E-state index is -0.388. The highest BCUT2D eigenvalue weighted by molar-refractivity contribution is 9.10. The van der Waals surface area contributed by atoms with Crippen molar-refractivity contribution in [2.24, 2.45) is 0 Å². The Balaban J connectivity index is 2.11. The predicted octanol–water partition coefficient (Wildman–Crippen LogP) is 5.75. The van der Waals surface area contributed by atoms with Gasteiger partial charge in [0.25, 0.3) is 0 Å². The zero-order valence-electron chi connectivity index (χ0n) is 14.6. The summed E-state index contributed by atoms with van der Waals surface area (Å²) in [4.78, 5) is 12.3. The molecule has 2 rings (SSSR count). The third-order valence-corrected chi connectivity index (χ3v) is 4.82. The number of esters is 1. The van der Waals surface area contributed by atoms with Crippen molar-refractivity contribution in [2.75, 3.05) is 6.61 Å². The molecule has 0 saturated heterocycles. The zero-order chi connectivity index (χ0) is 17.7. The van der Waals surface area contributed by atoms with Crippen molar-refractivity contribution in [3.05, 3.63) is 58.1 Å². The van der Waals surface area contributed by atoms with Crippen molar-refractivity contribution in [3.63, 3.8) is 0 Å². The number of benzene rings is 2. The number of hydrogen-bond donors (Lipinski definition) is 0. The van der Waals surface area contributed by atoms with E-state index >= 15 is 0 Å². The minimum absolute atomic E-state index is 0.114. The van der Waals surface area contributed by atoms with Crippen LogP contribution in [0, 0.1) is 0 Å². The van der Waals surface area contributed by atoms with Crippen LogP contribution in [0.4, 0.5) is 0 Å². The highest BCUT2D eigenvalue weighted by Crippen LogP contribution is 2.29. The fraction of sp³-hybridized carbons (Fsp3) is 0.350. The van der Waals surface area contributed by atoms with E-state index in [1.165, 1.54) is 5.56 Å². The van der Waals surface area contributed by atoms with Gasteiger partial charge in [0.2, 0.25) is 0 Å². The van der Waals surface area contributed by atoms with Gasteiger partial charge in [0, 0.05) is 0 Å². The van der Waals surface area contributed by atoms with Crippen LogP contribution in [0.1, 0.15) is 50.0 Å². The minimum Gasteiger partial charge on any atom is -0.493 e. The molecule has 0 aliphatic heterocycles. The van der Waals surface area contributed by atoms with Crippen LogP contribution >= 0.6 is 15.9 Å². The third-order valence-electron chi connectivity index (χ3n) is 4.20. The first-order chi connectivity index (χ1) is 11.4. The van der Waals surface area contributed by atoms with Crippen LogP contribution in [0.5, 0.6) is 11.5 Å². The van der Waals surface area contributed by atoms with Gasteiger partial charge in [0.1, 0.15) is 11.5 Å². The van der Waals surface area contributed by atoms with Gasteiger partial charge < -0.3 is 9.47 Å². The summed E-state index contributed by atoms with van der Waals surface area (Å²) in [5.74, 6) is 0.863. The van der Waals surface area contributed by atoms with Crippen molar-refractivity contribution >= 4 is 21.9 Å². The number of halogens is 1. The molecule has 0 amide bonds. The van der Waals surface area contributed by atoms with Gasteiger partial charge in [-0.2, -0.15) is 0 Å². The molecule has 0 spiro atoms. The monoisotopic (exact) mass is 390 g/mol. The maximum Gasteiger partial charge on any atom is 0.343 e. The predicted molar refractivity (Wildman–Crippen MR) is 100 cm³/mol. The number of carbonyl (C=O) groups excluding carboxylic acids is 1. The number of rotatable bonds is 6. The Morgan fingerprint density at radius 2 is 1.75 bits per heavy atom. The molecule has 0 unspecified atom stereocenters. The molecule has 0 saturated carbocycles. The SMILES string of the molecule is CCOc1ccc(C(=O)Oc2ccc(C(C)(C)CC)cc2)cc1Br. The van der Waals surface area contributed by atoms with E-state index in [1.54, 1.807) is 18.2 Å². The third kappa shape index (κ3) is 4.38. The maximum atomic E-state index is 12.3. The normalized spacial score (nSPS) is 11.2. The molecular formula is C20H23BrO3. The van der Waals surface area contributed by atoms with Gasteiger partial charge in [-0.25, -0.2) is 4.79 Å². The summed E-state index contributed by atoms with van der Waals surface area (Å²) in [6.45, 7) is 9.05. The summed E-state index contributed by atoms with van der Waals surface area (Å²) in [6, 6.07) is 12.9. The molecule has 0 heterocycles. The van der Waals surface area contributed by atoms with E-state index in [-0.39, 0.29) is 11.4 Å². The molecule has 0 N–H and O–H groups in total. The van der Waals surface area contributed by atoms with Gasteiger partial charge in [-0.05, 0) is 70.6 Å². The first-order valence-corrected chi connectivity index (χ1v) is 8.91. The second-order valence-corrected chi connectivity index (χ2v) is 7.08. The lowest BCUT2D eigenvalue weighted by atomic mass is 9.82. The highest BCUT2D eigenvalue weighted by atomic mass is 79.9. The van der Waals surface area contributed by atoms with Crippen LogP contribution in [0.25, 0.3) is 0 Å². The lowest BCUT2D eigenvalue weighted by Gasteiger charge is -2.23. The summed E-state index contributed by atoms with van der Waals surface area (Å²) in [6.07, 6.45) is 1.05. The average Bonchev–Trinajstić information content (AvgIpc) is 2.57. The lowest BCUT2D eigenvalue weighted by molar-refractivity contribution is 0.0734. The molecule has 0 aromatic heterocycles. The van der Waals surface area contributed by atoms with Crippen LogP contribution in [0.3, 0.4) is 0 Å². The van der Waals surface area contributed by atoms with Crippen molar-refractivity contribution in [2.45, 2.75) is 39.5 Å². The molecule has 0 aliphatic carbocycles. The molecule has 3 nitrogen and oxygen atoms in total. The van der Waals surface area contributed by atoms with Gasteiger partial charge in [0.05, 0.1) is 16.6 Å². The lowest BCUT2D eigenvalue weighted by Crippen LogP contribution is -2.15. The van der Waals surface area contributed by atoms with E-state index in [4.69, 9.17) is 9.47 Å². The molecule has 4 heteroatoms. The molecular weight excluding hydrogens is 368 g/mol. The fourth-order valence-corrected chi connectivity index (χ4v) is 2.74. The summed E-state index contributed by atoms with van der Waals surface area (Å²) in [5.41, 5.74) is 1.82. The molecule has 0 aliphatic rings. The van der Waals surface area contributed by atoms with E-state index in [0.717, 1.165) is 10.9 Å². The Morgan fingerprint density at radius 3 is 2.29 bits per heavy atom. The molecule has 0 radical (unpaired) electrons. The Bertz CT molecular complexity index is 705. The Labute approximate surface area is 152 Å². The average molecular weight is 391 g/mol. The van der Waals surface area contributed by atoms with Crippen LogP contribution < -0.4 is 9.47 Å². The van der Waals surface area contributed by atoms with Crippen molar-refractivity contribution in [3.8, 4) is 11.5 Å². The van der Waals surface area contributed by atoms with E-state index in [2.05, 4.69) is 36.7 Å². The summed E-state index contributed by atoms with van der Waals surface area (Å²) < 4.78 is 11.6. The zero-order valence-corrected chi connectivity index (χ0v) is 16.1. The molecule has 0 fully saturated rings. The Kier molecular flexibility index (Phi) is 6.05. The van der Waals surface area contributed by atoms with Gasteiger partial charge in [-0.3, -0.25) is 0 Å². The van der Waals surface area contributed by atoms with Gasteiger partial charge in [0.15, 0.2) is 0 Å². The molecule has 0 atom stereocenters. The second kappa shape index (κ2) is 7.84. The highest BCUT2D eigenvalue weighted by Gasteiger charge is 2.18. The number of carbonyl (C=O) groups is 1. The van der Waals surface area contributed by atoms with E-state index in [0.29, 0.717) is 23.7 Å².